The second-order valence-corrected chi connectivity index (χ2v) is 5.74. The molecule has 0 amide bonds. The summed E-state index contributed by atoms with van der Waals surface area (Å²) in [5, 5.41) is 20.0. The highest BCUT2D eigenvalue weighted by atomic mass is 32.2. The molecule has 0 aliphatic rings. The van der Waals surface area contributed by atoms with Crippen molar-refractivity contribution in [1.82, 2.24) is 9.36 Å². The number of carboxylic acids is 1. The minimum atomic E-state index is -1.30. The normalized spacial score (nSPS) is 10.4. The van der Waals surface area contributed by atoms with Crippen molar-refractivity contribution in [1.29, 1.82) is 0 Å². The van der Waals surface area contributed by atoms with Crippen molar-refractivity contribution >= 4 is 35.0 Å². The van der Waals surface area contributed by atoms with Gasteiger partial charge >= 0.3 is 5.97 Å². The van der Waals surface area contributed by atoms with Crippen LogP contribution in [-0.2, 0) is 5.75 Å². The molecule has 1 N–H and O–H groups in total. The van der Waals surface area contributed by atoms with E-state index in [1.54, 1.807) is 13.0 Å². The summed E-state index contributed by atoms with van der Waals surface area (Å²) in [6, 6.07) is 4.23. The average molecular weight is 311 g/mol. The Bertz CT molecular complexity index is 671. The number of aromatic nitrogens is 2. The van der Waals surface area contributed by atoms with Gasteiger partial charge in [0.15, 0.2) is 4.34 Å². The topological polar surface area (TPSA) is 106 Å². The van der Waals surface area contributed by atoms with Crippen LogP contribution < -0.4 is 0 Å². The van der Waals surface area contributed by atoms with Crippen LogP contribution in [0.3, 0.4) is 0 Å². The molecule has 1 aromatic carbocycles. The van der Waals surface area contributed by atoms with Crippen LogP contribution in [0.4, 0.5) is 5.69 Å². The molecule has 2 aromatic rings. The minimum Gasteiger partial charge on any atom is -0.477 e. The predicted molar refractivity (Wildman–Crippen MR) is 74.3 cm³/mol. The summed E-state index contributed by atoms with van der Waals surface area (Å²) in [5.74, 6) is -0.367. The van der Waals surface area contributed by atoms with E-state index in [2.05, 4.69) is 9.36 Å². The molecule has 0 fully saturated rings. The lowest BCUT2D eigenvalue weighted by atomic mass is 10.1. The van der Waals surface area contributed by atoms with Gasteiger partial charge in [0, 0.05) is 11.8 Å². The Balaban J connectivity index is 2.29. The van der Waals surface area contributed by atoms with E-state index in [-0.39, 0.29) is 11.3 Å². The van der Waals surface area contributed by atoms with Gasteiger partial charge in [-0.2, -0.15) is 4.37 Å². The lowest BCUT2D eigenvalue weighted by Gasteiger charge is -2.05. The maximum absolute atomic E-state index is 11.2. The highest BCUT2D eigenvalue weighted by molar-refractivity contribution is 8.00. The maximum Gasteiger partial charge on any atom is 0.343 e. The molecule has 9 heteroatoms. The van der Waals surface area contributed by atoms with Gasteiger partial charge in [-0.3, -0.25) is 10.1 Å². The molecule has 0 saturated heterocycles. The summed E-state index contributed by atoms with van der Waals surface area (Å²) < 4.78 is 4.72. The lowest BCUT2D eigenvalue weighted by molar-refractivity contribution is -0.385. The van der Waals surface area contributed by atoms with Gasteiger partial charge in [0.25, 0.3) is 5.69 Å². The Kier molecular flexibility index (Phi) is 4.30. The zero-order chi connectivity index (χ0) is 14.7. The van der Waals surface area contributed by atoms with E-state index in [0.717, 1.165) is 0 Å². The number of thioether (sulfide) groups is 1. The Morgan fingerprint density at radius 2 is 2.30 bits per heavy atom. The minimum absolute atomic E-state index is 0.272. The molecule has 0 aliphatic heterocycles. The van der Waals surface area contributed by atoms with E-state index in [1.165, 1.54) is 35.4 Å². The van der Waals surface area contributed by atoms with Crippen LogP contribution in [0.15, 0.2) is 22.5 Å². The number of hydrogen-bond acceptors (Lipinski definition) is 7. The second-order valence-electron chi connectivity index (χ2n) is 3.77. The van der Waals surface area contributed by atoms with E-state index in [0.29, 0.717) is 15.7 Å². The summed E-state index contributed by atoms with van der Waals surface area (Å²) >= 11 is 2.52. The van der Waals surface area contributed by atoms with Gasteiger partial charge in [0.05, 0.1) is 4.92 Å². The van der Waals surface area contributed by atoms with Gasteiger partial charge in [-0.05, 0) is 24.0 Å². The van der Waals surface area contributed by atoms with Crippen LogP contribution in [0.2, 0.25) is 0 Å². The molecule has 104 valence electrons. The Hall–Kier alpha value is -2.00. The molecule has 2 rings (SSSR count). The number of nitro groups is 1. The largest absolute Gasteiger partial charge is 0.477 e. The van der Waals surface area contributed by atoms with Gasteiger partial charge < -0.3 is 5.11 Å². The summed E-state index contributed by atoms with van der Waals surface area (Å²) in [6.07, 6.45) is 0. The van der Waals surface area contributed by atoms with Crippen LogP contribution in [0, 0.1) is 17.0 Å². The quantitative estimate of drug-likeness (QED) is 0.514. The van der Waals surface area contributed by atoms with Crippen LogP contribution in [0.5, 0.6) is 0 Å². The average Bonchev–Trinajstić information content (AvgIpc) is 2.81. The summed E-state index contributed by atoms with van der Waals surface area (Å²) in [7, 11) is 0. The van der Waals surface area contributed by atoms with Crippen LogP contribution in [0.25, 0.3) is 0 Å². The fraction of sp³-hybridized carbons (Fsp3) is 0.182. The lowest BCUT2D eigenvalue weighted by Crippen LogP contribution is -2.06. The van der Waals surface area contributed by atoms with Gasteiger partial charge in [-0.1, -0.05) is 23.9 Å². The van der Waals surface area contributed by atoms with Crippen molar-refractivity contribution in [3.63, 3.8) is 0 Å². The van der Waals surface area contributed by atoms with Crippen molar-refractivity contribution < 1.29 is 14.8 Å². The van der Waals surface area contributed by atoms with Crippen molar-refractivity contribution in [2.24, 2.45) is 0 Å². The van der Waals surface area contributed by atoms with Crippen LogP contribution in [0.1, 0.15) is 21.7 Å². The molecule has 0 unspecified atom stereocenters. The molecule has 0 bridgehead atoms. The van der Waals surface area contributed by atoms with Gasteiger partial charge in [-0.15, -0.1) is 0 Å². The number of hydrogen-bond donors (Lipinski definition) is 1. The summed E-state index contributed by atoms with van der Waals surface area (Å²) in [5.41, 5.74) is -0.278. The van der Waals surface area contributed by atoms with E-state index in [1.807, 2.05) is 0 Å². The number of aryl methyl sites for hydroxylation is 1. The third-order valence-corrected chi connectivity index (χ3v) is 4.37. The van der Waals surface area contributed by atoms with E-state index in [9.17, 15) is 14.9 Å². The van der Waals surface area contributed by atoms with Gasteiger partial charge in [-0.25, -0.2) is 9.78 Å². The van der Waals surface area contributed by atoms with Crippen molar-refractivity contribution in [3.8, 4) is 0 Å². The highest BCUT2D eigenvalue weighted by Gasteiger charge is 2.23. The van der Waals surface area contributed by atoms with Crippen molar-refractivity contribution in [2.45, 2.75) is 17.0 Å². The smallest absolute Gasteiger partial charge is 0.343 e. The fourth-order valence-corrected chi connectivity index (χ4v) is 3.22. The monoisotopic (exact) mass is 311 g/mol. The Morgan fingerprint density at radius 3 is 2.85 bits per heavy atom. The third-order valence-electron chi connectivity index (χ3n) is 2.40. The number of nitrogens with zero attached hydrogens (tertiary/aromatic N) is 3. The summed E-state index contributed by atoms with van der Waals surface area (Å²) in [4.78, 5) is 25.6. The molecule has 0 atom stereocenters. The van der Waals surface area contributed by atoms with Crippen LogP contribution >= 0.6 is 23.3 Å². The zero-order valence-electron chi connectivity index (χ0n) is 10.3. The number of carbonyl (C=O) groups is 1. The molecular weight excluding hydrogens is 302 g/mol. The molecule has 0 saturated carbocycles. The third kappa shape index (κ3) is 3.11. The number of rotatable bonds is 5. The molecule has 0 spiro atoms. The number of benzene rings is 1. The molecule has 20 heavy (non-hydrogen) atoms. The molecular formula is C11H9N3O4S2. The van der Waals surface area contributed by atoms with Gasteiger partial charge in [0.1, 0.15) is 11.4 Å². The van der Waals surface area contributed by atoms with E-state index >= 15 is 0 Å². The van der Waals surface area contributed by atoms with E-state index in [4.69, 9.17) is 5.11 Å². The molecule has 0 aliphatic carbocycles. The van der Waals surface area contributed by atoms with E-state index < -0.39 is 16.6 Å². The Labute approximate surface area is 122 Å². The molecule has 1 aromatic heterocycles. The molecule has 7 nitrogen and oxygen atoms in total. The Morgan fingerprint density at radius 1 is 1.55 bits per heavy atom. The van der Waals surface area contributed by atoms with Crippen molar-refractivity contribution in [3.05, 3.63) is 45.3 Å². The summed E-state index contributed by atoms with van der Waals surface area (Å²) in [6.45, 7) is 1.76. The van der Waals surface area contributed by atoms with Crippen LogP contribution in [-0.4, -0.2) is 25.4 Å². The zero-order valence-corrected chi connectivity index (χ0v) is 11.9. The first-order chi connectivity index (χ1) is 9.49. The fourth-order valence-electron chi connectivity index (χ4n) is 1.58. The number of aromatic carboxylic acids is 1. The number of nitro benzene ring substituents is 1. The first-order valence-electron chi connectivity index (χ1n) is 5.41. The van der Waals surface area contributed by atoms with Crippen molar-refractivity contribution in [2.75, 3.05) is 0 Å². The predicted octanol–water partition coefficient (Wildman–Crippen LogP) is 2.75. The first-order valence-corrected chi connectivity index (χ1v) is 7.17. The second kappa shape index (κ2) is 5.97. The highest BCUT2D eigenvalue weighted by Crippen LogP contribution is 2.29. The van der Waals surface area contributed by atoms with Gasteiger partial charge in [0.2, 0.25) is 0 Å². The standard InChI is InChI=1S/C11H9N3O4S2/c1-6-12-11(20-13-6)19-5-7-3-2-4-8(14(17)18)9(7)10(15)16/h2-4H,5H2,1H3,(H,15,16). The number of carboxylic acid groups (broad SMARTS) is 1. The maximum atomic E-state index is 11.2. The molecule has 1 heterocycles. The molecule has 0 radical (unpaired) electrons. The SMILES string of the molecule is Cc1nsc(SCc2cccc([N+](=O)[O-])c2C(=O)O)n1. The first kappa shape index (κ1) is 14.4.